The molecule has 0 aromatic carbocycles. The Balaban J connectivity index is 3.69. The third-order valence-corrected chi connectivity index (χ3v) is 1.13. The minimum atomic E-state index is -1.05. The van der Waals surface area contributed by atoms with Crippen LogP contribution in [0.4, 0.5) is 0 Å². The number of carboxylic acids is 1. The van der Waals surface area contributed by atoms with Gasteiger partial charge in [-0.3, -0.25) is 0 Å². The quantitative estimate of drug-likeness (QED) is 0.622. The zero-order chi connectivity index (χ0) is 7.28. The number of hydrogen-bond donors (Lipinski definition) is 1. The van der Waals surface area contributed by atoms with Gasteiger partial charge in [0.2, 0.25) is 0 Å². The molecular weight excluding hydrogens is 140 g/mol. The number of rotatable bonds is 3. The number of carboxylic acid groups (broad SMARTS) is 1. The van der Waals surface area contributed by atoms with Crippen LogP contribution in [-0.4, -0.2) is 11.1 Å². The summed E-state index contributed by atoms with van der Waals surface area (Å²) in [5.74, 6) is -1.05. The average molecular weight is 149 g/mol. The first-order valence-corrected chi connectivity index (χ1v) is 3.15. The molecule has 0 rings (SSSR count). The molecule has 0 aliphatic rings. The van der Waals surface area contributed by atoms with Gasteiger partial charge in [-0.2, -0.15) is 0 Å². The Hall–Kier alpha value is -0.500. The Labute approximate surface area is 59.1 Å². The molecule has 0 saturated heterocycles. The van der Waals surface area contributed by atoms with Gasteiger partial charge in [-0.05, 0) is 6.42 Å². The van der Waals surface area contributed by atoms with Crippen molar-refractivity contribution < 1.29 is 9.90 Å². The van der Waals surface area contributed by atoms with Crippen LogP contribution in [-0.2, 0) is 4.79 Å². The van der Waals surface area contributed by atoms with Gasteiger partial charge < -0.3 is 5.11 Å². The maximum Gasteiger partial charge on any atom is 0.346 e. The van der Waals surface area contributed by atoms with Crippen LogP contribution in [0, 0.1) is 0 Å². The molecule has 0 spiro atoms. The molecule has 0 aromatic heterocycles. The van der Waals surface area contributed by atoms with Crippen molar-refractivity contribution in [2.45, 2.75) is 19.8 Å². The standard InChI is InChI=1S/C6H9ClO2/c1-2-3-4-5(7)6(8)9/h4H,2-3H2,1H3,(H,8,9). The summed E-state index contributed by atoms with van der Waals surface area (Å²) in [6.45, 7) is 1.96. The van der Waals surface area contributed by atoms with Crippen LogP contribution in [0.15, 0.2) is 11.1 Å². The summed E-state index contributed by atoms with van der Waals surface area (Å²) in [6, 6.07) is 0. The van der Waals surface area contributed by atoms with Gasteiger partial charge in [0.25, 0.3) is 0 Å². The zero-order valence-electron chi connectivity index (χ0n) is 5.22. The fourth-order valence-electron chi connectivity index (χ4n) is 0.358. The minimum Gasteiger partial charge on any atom is -0.477 e. The highest BCUT2D eigenvalue weighted by atomic mass is 35.5. The van der Waals surface area contributed by atoms with E-state index in [4.69, 9.17) is 16.7 Å². The first kappa shape index (κ1) is 8.50. The van der Waals surface area contributed by atoms with Crippen LogP contribution in [0.1, 0.15) is 19.8 Å². The Morgan fingerprint density at radius 2 is 2.33 bits per heavy atom. The van der Waals surface area contributed by atoms with E-state index in [0.29, 0.717) is 0 Å². The summed E-state index contributed by atoms with van der Waals surface area (Å²) in [5.41, 5.74) is 0. The number of halogens is 1. The molecule has 0 bridgehead atoms. The van der Waals surface area contributed by atoms with E-state index in [1.807, 2.05) is 6.92 Å². The maximum absolute atomic E-state index is 10.0. The van der Waals surface area contributed by atoms with E-state index in [1.54, 1.807) is 0 Å². The van der Waals surface area contributed by atoms with E-state index in [0.717, 1.165) is 12.8 Å². The SMILES string of the molecule is CCCC=C(Cl)C(=O)O. The molecule has 2 nitrogen and oxygen atoms in total. The monoisotopic (exact) mass is 148 g/mol. The van der Waals surface area contributed by atoms with Gasteiger partial charge in [0.05, 0.1) is 0 Å². The molecule has 0 aromatic rings. The van der Waals surface area contributed by atoms with E-state index < -0.39 is 5.97 Å². The second-order valence-electron chi connectivity index (χ2n) is 1.65. The molecule has 52 valence electrons. The lowest BCUT2D eigenvalue weighted by Gasteiger charge is -1.87. The van der Waals surface area contributed by atoms with Gasteiger partial charge >= 0.3 is 5.97 Å². The maximum atomic E-state index is 10.0. The van der Waals surface area contributed by atoms with Crippen LogP contribution in [0.25, 0.3) is 0 Å². The van der Waals surface area contributed by atoms with E-state index >= 15 is 0 Å². The number of unbranched alkanes of at least 4 members (excludes halogenated alkanes) is 1. The highest BCUT2D eigenvalue weighted by molar-refractivity contribution is 6.40. The first-order chi connectivity index (χ1) is 4.18. The van der Waals surface area contributed by atoms with E-state index in [-0.39, 0.29) is 5.03 Å². The van der Waals surface area contributed by atoms with Crippen molar-refractivity contribution in [2.75, 3.05) is 0 Å². The largest absolute Gasteiger partial charge is 0.477 e. The molecule has 0 unspecified atom stereocenters. The van der Waals surface area contributed by atoms with Crippen LogP contribution in [0.2, 0.25) is 0 Å². The summed E-state index contributed by atoms with van der Waals surface area (Å²) in [6.07, 6.45) is 3.15. The molecule has 0 saturated carbocycles. The van der Waals surface area contributed by atoms with Gasteiger partial charge in [-0.1, -0.05) is 31.0 Å². The Kier molecular flexibility index (Phi) is 4.14. The Morgan fingerprint density at radius 1 is 1.78 bits per heavy atom. The second kappa shape index (κ2) is 4.39. The third-order valence-electron chi connectivity index (χ3n) is 0.817. The molecule has 0 heterocycles. The number of aliphatic carboxylic acids is 1. The van der Waals surface area contributed by atoms with Gasteiger partial charge in [0.1, 0.15) is 5.03 Å². The van der Waals surface area contributed by atoms with Gasteiger partial charge in [0, 0.05) is 0 Å². The van der Waals surface area contributed by atoms with Crippen LogP contribution >= 0.6 is 11.6 Å². The normalized spacial score (nSPS) is 11.6. The fourth-order valence-corrected chi connectivity index (χ4v) is 0.467. The van der Waals surface area contributed by atoms with Crippen molar-refractivity contribution in [3.8, 4) is 0 Å². The topological polar surface area (TPSA) is 37.3 Å². The molecule has 1 N–H and O–H groups in total. The molecular formula is C6H9ClO2. The first-order valence-electron chi connectivity index (χ1n) is 2.77. The van der Waals surface area contributed by atoms with Crippen molar-refractivity contribution >= 4 is 17.6 Å². The van der Waals surface area contributed by atoms with Gasteiger partial charge in [0.15, 0.2) is 0 Å². The summed E-state index contributed by atoms with van der Waals surface area (Å²) in [5, 5.41) is 8.12. The predicted molar refractivity (Wildman–Crippen MR) is 36.5 cm³/mol. The molecule has 0 aliphatic carbocycles. The Morgan fingerprint density at radius 3 is 2.67 bits per heavy atom. The van der Waals surface area contributed by atoms with Crippen molar-refractivity contribution in [1.82, 2.24) is 0 Å². The summed E-state index contributed by atoms with van der Waals surface area (Å²) >= 11 is 5.26. The number of carbonyl (C=O) groups is 1. The minimum absolute atomic E-state index is 0.0862. The molecule has 3 heteroatoms. The predicted octanol–water partition coefficient (Wildman–Crippen LogP) is 1.99. The average Bonchev–Trinajstić information content (AvgIpc) is 1.82. The van der Waals surface area contributed by atoms with Crippen molar-refractivity contribution in [3.05, 3.63) is 11.1 Å². The number of allylic oxidation sites excluding steroid dienone is 1. The fraction of sp³-hybridized carbons (Fsp3) is 0.500. The van der Waals surface area contributed by atoms with Crippen LogP contribution in [0.5, 0.6) is 0 Å². The van der Waals surface area contributed by atoms with Crippen LogP contribution < -0.4 is 0 Å². The second-order valence-corrected chi connectivity index (χ2v) is 2.05. The molecule has 0 amide bonds. The van der Waals surface area contributed by atoms with E-state index in [9.17, 15) is 4.79 Å². The Bertz CT molecular complexity index is 129. The van der Waals surface area contributed by atoms with Crippen molar-refractivity contribution in [2.24, 2.45) is 0 Å². The van der Waals surface area contributed by atoms with E-state index in [2.05, 4.69) is 0 Å². The molecule has 0 radical (unpaired) electrons. The highest BCUT2D eigenvalue weighted by Gasteiger charge is 1.99. The molecule has 0 fully saturated rings. The third kappa shape index (κ3) is 4.03. The molecule has 9 heavy (non-hydrogen) atoms. The molecule has 0 aliphatic heterocycles. The van der Waals surface area contributed by atoms with Crippen molar-refractivity contribution in [1.29, 1.82) is 0 Å². The lowest BCUT2D eigenvalue weighted by atomic mass is 10.3. The summed E-state index contributed by atoms with van der Waals surface area (Å²) < 4.78 is 0. The van der Waals surface area contributed by atoms with E-state index in [1.165, 1.54) is 6.08 Å². The van der Waals surface area contributed by atoms with Crippen molar-refractivity contribution in [3.63, 3.8) is 0 Å². The molecule has 0 atom stereocenters. The summed E-state index contributed by atoms with van der Waals surface area (Å²) in [7, 11) is 0. The highest BCUT2D eigenvalue weighted by Crippen LogP contribution is 2.03. The lowest BCUT2D eigenvalue weighted by molar-refractivity contribution is -0.131. The smallest absolute Gasteiger partial charge is 0.346 e. The number of hydrogen-bond acceptors (Lipinski definition) is 1. The zero-order valence-corrected chi connectivity index (χ0v) is 5.98. The van der Waals surface area contributed by atoms with Gasteiger partial charge in [-0.25, -0.2) is 4.79 Å². The van der Waals surface area contributed by atoms with Crippen LogP contribution in [0.3, 0.4) is 0 Å². The van der Waals surface area contributed by atoms with Gasteiger partial charge in [-0.15, -0.1) is 0 Å². The summed E-state index contributed by atoms with van der Waals surface area (Å²) in [4.78, 5) is 10.0. The lowest BCUT2D eigenvalue weighted by Crippen LogP contribution is -1.92.